The van der Waals surface area contributed by atoms with Crippen molar-refractivity contribution >= 4 is 17.5 Å². The second-order valence-corrected chi connectivity index (χ2v) is 5.78. The smallest absolute Gasteiger partial charge is 0.133 e. The molecule has 0 aliphatic heterocycles. The van der Waals surface area contributed by atoms with E-state index in [0.29, 0.717) is 5.78 Å². The first-order valence-corrected chi connectivity index (χ1v) is 4.96. The maximum absolute atomic E-state index is 10.8. The maximum atomic E-state index is 10.8. The van der Waals surface area contributed by atoms with Crippen molar-refractivity contribution in [3.8, 4) is 0 Å². The second kappa shape index (κ2) is 4.15. The summed E-state index contributed by atoms with van der Waals surface area (Å²) in [6.45, 7) is 10.2. The molecule has 0 N–H and O–H groups in total. The summed E-state index contributed by atoms with van der Waals surface area (Å²) in [5.41, 5.74) is 0. The van der Waals surface area contributed by atoms with Crippen molar-refractivity contribution in [3.05, 3.63) is 0 Å². The summed E-state index contributed by atoms with van der Waals surface area (Å²) < 4.78 is 0.281. The molecule has 0 aliphatic rings. The Morgan fingerprint density at radius 3 is 2.18 bits per heavy atom. The van der Waals surface area contributed by atoms with E-state index >= 15 is 0 Å². The van der Waals surface area contributed by atoms with Gasteiger partial charge in [-0.15, -0.1) is 0 Å². The van der Waals surface area contributed by atoms with Crippen molar-refractivity contribution in [2.45, 2.75) is 39.4 Å². The molecule has 0 aromatic heterocycles. The number of carbonyl (C=O) groups is 1. The molecule has 0 radical (unpaired) electrons. The van der Waals surface area contributed by atoms with Gasteiger partial charge in [-0.1, -0.05) is 27.7 Å². The van der Waals surface area contributed by atoms with Crippen molar-refractivity contribution in [1.82, 2.24) is 0 Å². The van der Waals surface area contributed by atoms with Crippen LogP contribution in [0.3, 0.4) is 0 Å². The van der Waals surface area contributed by atoms with Crippen LogP contribution in [0.1, 0.15) is 34.6 Å². The summed E-state index contributed by atoms with van der Waals surface area (Å²) in [6.07, 6.45) is 0. The van der Waals surface area contributed by atoms with Crippen LogP contribution in [0.25, 0.3) is 0 Å². The molecule has 11 heavy (non-hydrogen) atoms. The topological polar surface area (TPSA) is 17.1 Å². The number of carbonyl (C=O) groups excluding carboxylic acids is 1. The van der Waals surface area contributed by atoms with E-state index in [-0.39, 0.29) is 10.7 Å². The van der Waals surface area contributed by atoms with Gasteiger partial charge in [0, 0.05) is 16.4 Å². The van der Waals surface area contributed by atoms with Gasteiger partial charge in [0.2, 0.25) is 0 Å². The standard InChI is InChI=1S/C9H18OS/c1-7(8(2)10)6-11-9(3,4)5/h7H,6H2,1-5H3. The van der Waals surface area contributed by atoms with Gasteiger partial charge in [-0.3, -0.25) is 4.79 Å². The number of ketones is 1. The number of Topliss-reactive ketones (excluding diaryl/α,β-unsaturated/α-hetero) is 1. The molecule has 1 unspecified atom stereocenters. The Morgan fingerprint density at radius 1 is 1.45 bits per heavy atom. The van der Waals surface area contributed by atoms with Crippen LogP contribution in [-0.4, -0.2) is 16.3 Å². The van der Waals surface area contributed by atoms with Gasteiger partial charge in [-0.2, -0.15) is 11.8 Å². The Balaban J connectivity index is 3.63. The van der Waals surface area contributed by atoms with E-state index in [1.54, 1.807) is 6.92 Å². The highest BCUT2D eigenvalue weighted by Crippen LogP contribution is 2.25. The normalized spacial score (nSPS) is 14.6. The molecule has 1 atom stereocenters. The Morgan fingerprint density at radius 2 is 1.91 bits per heavy atom. The highest BCUT2D eigenvalue weighted by atomic mass is 32.2. The zero-order valence-electron chi connectivity index (χ0n) is 8.10. The molecule has 0 aromatic rings. The van der Waals surface area contributed by atoms with Crippen LogP contribution in [-0.2, 0) is 4.79 Å². The second-order valence-electron chi connectivity index (χ2n) is 3.94. The van der Waals surface area contributed by atoms with Crippen LogP contribution in [0.5, 0.6) is 0 Å². The third-order valence-electron chi connectivity index (χ3n) is 1.46. The van der Waals surface area contributed by atoms with E-state index in [4.69, 9.17) is 0 Å². The van der Waals surface area contributed by atoms with Crippen LogP contribution in [0.4, 0.5) is 0 Å². The van der Waals surface area contributed by atoms with E-state index in [2.05, 4.69) is 20.8 Å². The van der Waals surface area contributed by atoms with E-state index in [0.717, 1.165) is 5.75 Å². The Kier molecular flexibility index (Phi) is 4.16. The third-order valence-corrected chi connectivity index (χ3v) is 2.99. The Hall–Kier alpha value is 0.0200. The average molecular weight is 174 g/mol. The number of rotatable bonds is 3. The van der Waals surface area contributed by atoms with E-state index in [1.807, 2.05) is 18.7 Å². The summed E-state index contributed by atoms with van der Waals surface area (Å²) >= 11 is 1.85. The van der Waals surface area contributed by atoms with Gasteiger partial charge in [0.15, 0.2) is 0 Å². The maximum Gasteiger partial charge on any atom is 0.133 e. The molecule has 0 aliphatic carbocycles. The minimum atomic E-state index is 0.208. The van der Waals surface area contributed by atoms with Crippen molar-refractivity contribution in [2.75, 3.05) is 5.75 Å². The molecule has 66 valence electrons. The van der Waals surface area contributed by atoms with Crippen LogP contribution in [0, 0.1) is 5.92 Å². The lowest BCUT2D eigenvalue weighted by molar-refractivity contribution is -0.119. The monoisotopic (exact) mass is 174 g/mol. The average Bonchev–Trinajstić information content (AvgIpc) is 1.80. The van der Waals surface area contributed by atoms with Crippen molar-refractivity contribution in [3.63, 3.8) is 0 Å². The molecular formula is C9H18OS. The lowest BCUT2D eigenvalue weighted by atomic mass is 10.1. The fourth-order valence-corrected chi connectivity index (χ4v) is 1.48. The minimum Gasteiger partial charge on any atom is -0.300 e. The summed E-state index contributed by atoms with van der Waals surface area (Å²) in [7, 11) is 0. The van der Waals surface area contributed by atoms with Gasteiger partial charge in [0.05, 0.1) is 0 Å². The van der Waals surface area contributed by atoms with Crippen LogP contribution < -0.4 is 0 Å². The van der Waals surface area contributed by atoms with E-state index in [9.17, 15) is 4.79 Å². The molecule has 0 bridgehead atoms. The van der Waals surface area contributed by atoms with Gasteiger partial charge in [0.25, 0.3) is 0 Å². The molecule has 0 amide bonds. The SMILES string of the molecule is CC(=O)C(C)CSC(C)(C)C. The third kappa shape index (κ3) is 6.42. The van der Waals surface area contributed by atoms with Gasteiger partial charge in [-0.05, 0) is 6.92 Å². The first kappa shape index (κ1) is 11.0. The molecule has 0 saturated carbocycles. The highest BCUT2D eigenvalue weighted by molar-refractivity contribution is 8.00. The van der Waals surface area contributed by atoms with Gasteiger partial charge in [0.1, 0.15) is 5.78 Å². The predicted octanol–water partition coefficient (Wildman–Crippen LogP) is 2.74. The first-order valence-electron chi connectivity index (χ1n) is 3.97. The summed E-state index contributed by atoms with van der Waals surface area (Å²) in [5.74, 6) is 1.44. The summed E-state index contributed by atoms with van der Waals surface area (Å²) in [6, 6.07) is 0. The molecule has 0 saturated heterocycles. The molecule has 0 aromatic carbocycles. The zero-order chi connectivity index (χ0) is 9.07. The fourth-order valence-electron chi connectivity index (χ4n) is 0.492. The lowest BCUT2D eigenvalue weighted by Gasteiger charge is -2.19. The molecule has 2 heteroatoms. The Labute approximate surface area is 73.9 Å². The van der Waals surface area contributed by atoms with Crippen LogP contribution >= 0.6 is 11.8 Å². The molecular weight excluding hydrogens is 156 g/mol. The largest absolute Gasteiger partial charge is 0.300 e. The minimum absolute atomic E-state index is 0.208. The molecule has 0 heterocycles. The molecule has 0 spiro atoms. The van der Waals surface area contributed by atoms with Crippen LogP contribution in [0.15, 0.2) is 0 Å². The highest BCUT2D eigenvalue weighted by Gasteiger charge is 2.14. The number of hydrogen-bond acceptors (Lipinski definition) is 2. The van der Waals surface area contributed by atoms with E-state index in [1.165, 1.54) is 0 Å². The van der Waals surface area contributed by atoms with E-state index < -0.39 is 0 Å². The van der Waals surface area contributed by atoms with Crippen molar-refractivity contribution in [2.24, 2.45) is 5.92 Å². The summed E-state index contributed by atoms with van der Waals surface area (Å²) in [5, 5.41) is 0. The van der Waals surface area contributed by atoms with Gasteiger partial charge < -0.3 is 0 Å². The number of thioether (sulfide) groups is 1. The fraction of sp³-hybridized carbons (Fsp3) is 0.889. The van der Waals surface area contributed by atoms with Crippen LogP contribution in [0.2, 0.25) is 0 Å². The van der Waals surface area contributed by atoms with Crippen molar-refractivity contribution < 1.29 is 4.79 Å². The quantitative estimate of drug-likeness (QED) is 0.654. The van der Waals surface area contributed by atoms with Crippen molar-refractivity contribution in [1.29, 1.82) is 0 Å². The lowest BCUT2D eigenvalue weighted by Crippen LogP contribution is -2.15. The molecule has 0 fully saturated rings. The molecule has 0 rings (SSSR count). The summed E-state index contributed by atoms with van der Waals surface area (Å²) in [4.78, 5) is 10.8. The first-order chi connectivity index (χ1) is 4.83. The number of hydrogen-bond donors (Lipinski definition) is 0. The van der Waals surface area contributed by atoms with Gasteiger partial charge in [-0.25, -0.2) is 0 Å². The predicted molar refractivity (Wildman–Crippen MR) is 52.1 cm³/mol. The molecule has 1 nitrogen and oxygen atoms in total. The van der Waals surface area contributed by atoms with Gasteiger partial charge >= 0.3 is 0 Å². The Bertz CT molecular complexity index is 135. The zero-order valence-corrected chi connectivity index (χ0v) is 8.92.